The number of fused-ring (bicyclic) bond motifs is 1. The molecule has 0 bridgehead atoms. The molecule has 7 heteroatoms. The lowest BCUT2D eigenvalue weighted by molar-refractivity contribution is 0.0850. The van der Waals surface area contributed by atoms with Crippen molar-refractivity contribution < 1.29 is 4.74 Å². The van der Waals surface area contributed by atoms with Crippen LogP contribution in [-0.2, 0) is 18.3 Å². The topological polar surface area (TPSA) is 72.3 Å². The minimum absolute atomic E-state index is 0.0160. The van der Waals surface area contributed by atoms with Crippen molar-refractivity contribution in [2.24, 2.45) is 7.05 Å². The Kier molecular flexibility index (Phi) is 7.58. The standard InChI is InChI=1S/C31H37N5O2/c1-20(22-10-12-23(13-11-22)26-9-7-6-8-25(26)19-35(3)4)32-29-28-18-27(24-14-16-38-17-15-24)31(37)36(5)30(28)34-21(2)33-29/h6-13,18,20,24H,14-17,19H2,1-5H3,(H,32,33,34)/t20-/m1/s1. The molecule has 1 aliphatic rings. The first-order valence-electron chi connectivity index (χ1n) is 13.4. The van der Waals surface area contributed by atoms with Gasteiger partial charge in [-0.25, -0.2) is 9.97 Å². The normalized spacial score (nSPS) is 15.2. The van der Waals surface area contributed by atoms with Crippen molar-refractivity contribution in [3.8, 4) is 11.1 Å². The zero-order valence-corrected chi connectivity index (χ0v) is 23.0. The quantitative estimate of drug-likeness (QED) is 0.357. The summed E-state index contributed by atoms with van der Waals surface area (Å²) in [6, 6.07) is 19.3. The summed E-state index contributed by atoms with van der Waals surface area (Å²) in [5.41, 5.74) is 6.44. The summed E-state index contributed by atoms with van der Waals surface area (Å²) in [5.74, 6) is 1.58. The van der Waals surface area contributed by atoms with Crippen LogP contribution in [0.25, 0.3) is 22.2 Å². The van der Waals surface area contributed by atoms with Gasteiger partial charge in [0.05, 0.1) is 5.39 Å². The van der Waals surface area contributed by atoms with Crippen LogP contribution in [0.3, 0.4) is 0 Å². The molecule has 0 saturated carbocycles. The van der Waals surface area contributed by atoms with Crippen LogP contribution in [0, 0.1) is 6.92 Å². The number of rotatable bonds is 7. The van der Waals surface area contributed by atoms with E-state index in [4.69, 9.17) is 9.72 Å². The molecule has 1 atom stereocenters. The van der Waals surface area contributed by atoms with Crippen LogP contribution < -0.4 is 10.9 Å². The summed E-state index contributed by atoms with van der Waals surface area (Å²) in [4.78, 5) is 24.8. The Hall–Kier alpha value is -3.55. The monoisotopic (exact) mass is 511 g/mol. The van der Waals surface area contributed by atoms with Crippen molar-refractivity contribution in [1.29, 1.82) is 0 Å². The van der Waals surface area contributed by atoms with E-state index in [1.165, 1.54) is 16.7 Å². The van der Waals surface area contributed by atoms with E-state index in [1.807, 2.05) is 13.0 Å². The first-order chi connectivity index (χ1) is 18.3. The van der Waals surface area contributed by atoms with Crippen LogP contribution in [-0.4, -0.2) is 46.7 Å². The van der Waals surface area contributed by atoms with Crippen molar-refractivity contribution in [2.75, 3.05) is 32.6 Å². The smallest absolute Gasteiger partial charge is 0.255 e. The van der Waals surface area contributed by atoms with Gasteiger partial charge in [0, 0.05) is 38.4 Å². The molecule has 3 heterocycles. The zero-order valence-electron chi connectivity index (χ0n) is 23.0. The van der Waals surface area contributed by atoms with Crippen LogP contribution >= 0.6 is 0 Å². The van der Waals surface area contributed by atoms with Gasteiger partial charge in [-0.1, -0.05) is 48.5 Å². The molecule has 198 valence electrons. The minimum atomic E-state index is 0.0160. The van der Waals surface area contributed by atoms with E-state index in [2.05, 4.69) is 84.8 Å². The van der Waals surface area contributed by atoms with Gasteiger partial charge in [-0.2, -0.15) is 0 Å². The Bertz CT molecular complexity index is 1490. The van der Waals surface area contributed by atoms with Gasteiger partial charge in [0.15, 0.2) is 0 Å². The Morgan fingerprint density at radius 2 is 1.79 bits per heavy atom. The van der Waals surface area contributed by atoms with E-state index in [0.717, 1.165) is 41.7 Å². The van der Waals surface area contributed by atoms with Gasteiger partial charge in [-0.15, -0.1) is 0 Å². The molecule has 0 radical (unpaired) electrons. The lowest BCUT2D eigenvalue weighted by Gasteiger charge is -2.23. The third kappa shape index (κ3) is 5.35. The molecule has 0 unspecified atom stereocenters. The molecule has 1 fully saturated rings. The predicted molar refractivity (Wildman–Crippen MR) is 154 cm³/mol. The SMILES string of the molecule is Cc1nc(N[C@H](C)c2ccc(-c3ccccc3CN(C)C)cc2)c2cc(C3CCOCC3)c(=O)n(C)c2n1. The summed E-state index contributed by atoms with van der Waals surface area (Å²) in [7, 11) is 5.99. The molecule has 5 rings (SSSR count). The number of aryl methyl sites for hydroxylation is 2. The molecule has 2 aromatic carbocycles. The third-order valence-electron chi connectivity index (χ3n) is 7.45. The molecular weight excluding hydrogens is 474 g/mol. The average Bonchev–Trinajstić information content (AvgIpc) is 2.91. The maximum atomic E-state index is 13.2. The second-order valence-electron chi connectivity index (χ2n) is 10.6. The van der Waals surface area contributed by atoms with Gasteiger partial charge in [0.2, 0.25) is 0 Å². The Labute approximate surface area is 224 Å². The van der Waals surface area contributed by atoms with E-state index in [-0.39, 0.29) is 17.5 Å². The highest BCUT2D eigenvalue weighted by atomic mass is 16.5. The Morgan fingerprint density at radius 1 is 1.08 bits per heavy atom. The summed E-state index contributed by atoms with van der Waals surface area (Å²) in [6.07, 6.45) is 1.72. The zero-order chi connectivity index (χ0) is 26.8. The number of benzene rings is 2. The van der Waals surface area contributed by atoms with Gasteiger partial charge in [-0.05, 0) is 75.0 Å². The highest BCUT2D eigenvalue weighted by Crippen LogP contribution is 2.31. The average molecular weight is 512 g/mol. The van der Waals surface area contributed by atoms with Gasteiger partial charge >= 0.3 is 0 Å². The van der Waals surface area contributed by atoms with Crippen LogP contribution in [0.4, 0.5) is 5.82 Å². The maximum absolute atomic E-state index is 13.2. The van der Waals surface area contributed by atoms with E-state index in [0.29, 0.717) is 24.7 Å². The number of pyridine rings is 1. The second kappa shape index (κ2) is 11.1. The predicted octanol–water partition coefficient (Wildman–Crippen LogP) is 5.43. The van der Waals surface area contributed by atoms with Crippen molar-refractivity contribution in [2.45, 2.75) is 45.2 Å². The Morgan fingerprint density at radius 3 is 2.50 bits per heavy atom. The molecule has 7 nitrogen and oxygen atoms in total. The number of nitrogens with zero attached hydrogens (tertiary/aromatic N) is 4. The summed E-state index contributed by atoms with van der Waals surface area (Å²) < 4.78 is 7.20. The van der Waals surface area contributed by atoms with Gasteiger partial charge in [0.1, 0.15) is 17.3 Å². The van der Waals surface area contributed by atoms with Gasteiger partial charge in [-0.3, -0.25) is 9.36 Å². The lowest BCUT2D eigenvalue weighted by atomic mass is 9.92. The summed E-state index contributed by atoms with van der Waals surface area (Å²) >= 11 is 0. The van der Waals surface area contributed by atoms with Gasteiger partial charge < -0.3 is 15.0 Å². The number of hydrogen-bond acceptors (Lipinski definition) is 6. The molecular formula is C31H37N5O2. The van der Waals surface area contributed by atoms with Crippen molar-refractivity contribution in [1.82, 2.24) is 19.4 Å². The minimum Gasteiger partial charge on any atom is -0.381 e. The number of nitrogens with one attached hydrogen (secondary N) is 1. The van der Waals surface area contributed by atoms with Crippen LogP contribution in [0.5, 0.6) is 0 Å². The third-order valence-corrected chi connectivity index (χ3v) is 7.45. The second-order valence-corrected chi connectivity index (χ2v) is 10.6. The van der Waals surface area contributed by atoms with Crippen LogP contribution in [0.1, 0.15) is 54.2 Å². The summed E-state index contributed by atoms with van der Waals surface area (Å²) in [5, 5.41) is 4.49. The van der Waals surface area contributed by atoms with Crippen LogP contribution in [0.2, 0.25) is 0 Å². The van der Waals surface area contributed by atoms with E-state index < -0.39 is 0 Å². The molecule has 0 amide bonds. The first-order valence-corrected chi connectivity index (χ1v) is 13.4. The maximum Gasteiger partial charge on any atom is 0.255 e. The van der Waals surface area contributed by atoms with E-state index >= 15 is 0 Å². The highest BCUT2D eigenvalue weighted by molar-refractivity contribution is 5.87. The fraction of sp³-hybridized carbons (Fsp3) is 0.387. The molecule has 2 aromatic heterocycles. The number of anilines is 1. The Balaban J connectivity index is 1.46. The molecule has 1 N–H and O–H groups in total. The van der Waals surface area contributed by atoms with Crippen molar-refractivity contribution >= 4 is 16.9 Å². The molecule has 1 saturated heterocycles. The summed E-state index contributed by atoms with van der Waals surface area (Å²) in [6.45, 7) is 6.28. The van der Waals surface area contributed by atoms with Gasteiger partial charge in [0.25, 0.3) is 5.56 Å². The molecule has 0 spiro atoms. The molecule has 4 aromatic rings. The fourth-order valence-electron chi connectivity index (χ4n) is 5.39. The molecule has 1 aliphatic heterocycles. The van der Waals surface area contributed by atoms with Crippen LogP contribution in [0.15, 0.2) is 59.4 Å². The van der Waals surface area contributed by atoms with E-state index in [9.17, 15) is 4.79 Å². The fourth-order valence-corrected chi connectivity index (χ4v) is 5.39. The number of ether oxygens (including phenoxy) is 1. The number of hydrogen-bond donors (Lipinski definition) is 1. The highest BCUT2D eigenvalue weighted by Gasteiger charge is 2.22. The van der Waals surface area contributed by atoms with Crippen molar-refractivity contribution in [3.05, 3.63) is 87.5 Å². The number of aromatic nitrogens is 3. The lowest BCUT2D eigenvalue weighted by Crippen LogP contribution is -2.27. The molecule has 38 heavy (non-hydrogen) atoms. The van der Waals surface area contributed by atoms with Crippen molar-refractivity contribution in [3.63, 3.8) is 0 Å². The largest absolute Gasteiger partial charge is 0.381 e. The first kappa shape index (κ1) is 26.1. The molecule has 0 aliphatic carbocycles. The van der Waals surface area contributed by atoms with E-state index in [1.54, 1.807) is 11.6 Å².